The maximum Gasteiger partial charge on any atom is 0.417 e. The van der Waals surface area contributed by atoms with Crippen molar-refractivity contribution in [2.24, 2.45) is 0 Å². The molecule has 0 heterocycles. The fraction of sp³-hybridized carbons (Fsp3) is 0.200. The number of rotatable bonds is 2. The summed E-state index contributed by atoms with van der Waals surface area (Å²) in [6, 6.07) is 1.67. The van der Waals surface area contributed by atoms with Crippen LogP contribution >= 0.6 is 11.6 Å². The minimum atomic E-state index is -4.69. The fourth-order valence-electron chi connectivity index (χ4n) is 1.14. The van der Waals surface area contributed by atoms with Crippen LogP contribution in [0.2, 0.25) is 5.02 Å². The van der Waals surface area contributed by atoms with Crippen molar-refractivity contribution < 1.29 is 22.8 Å². The molecule has 0 spiro atoms. The number of carbonyl (C=O) groups excluding carboxylic acids is 2. The van der Waals surface area contributed by atoms with Crippen molar-refractivity contribution in [2.75, 3.05) is 0 Å². The zero-order valence-corrected chi connectivity index (χ0v) is 8.82. The lowest BCUT2D eigenvalue weighted by molar-refractivity contribution is -0.137. The largest absolute Gasteiger partial charge is 0.417 e. The molecular weight excluding hydrogens is 245 g/mol. The quantitative estimate of drug-likeness (QED) is 0.596. The van der Waals surface area contributed by atoms with Crippen LogP contribution in [0.3, 0.4) is 0 Å². The van der Waals surface area contributed by atoms with Gasteiger partial charge in [-0.3, -0.25) is 9.59 Å². The summed E-state index contributed by atoms with van der Waals surface area (Å²) in [7, 11) is 0. The summed E-state index contributed by atoms with van der Waals surface area (Å²) in [4.78, 5) is 21.5. The van der Waals surface area contributed by atoms with Gasteiger partial charge in [0.25, 0.3) is 0 Å². The van der Waals surface area contributed by atoms with Gasteiger partial charge in [-0.15, -0.1) is 0 Å². The summed E-state index contributed by atoms with van der Waals surface area (Å²) >= 11 is 5.41. The van der Waals surface area contributed by atoms with Crippen molar-refractivity contribution in [1.82, 2.24) is 0 Å². The Morgan fingerprint density at radius 1 is 1.38 bits per heavy atom. The predicted octanol–water partition coefficient (Wildman–Crippen LogP) is 3.37. The van der Waals surface area contributed by atoms with Crippen LogP contribution in [0, 0.1) is 0 Å². The Labute approximate surface area is 94.0 Å². The molecule has 0 saturated heterocycles. The molecule has 1 aromatic carbocycles. The molecule has 1 rings (SSSR count). The van der Waals surface area contributed by atoms with Crippen molar-refractivity contribution in [3.8, 4) is 0 Å². The van der Waals surface area contributed by atoms with E-state index in [0.717, 1.165) is 13.0 Å². The van der Waals surface area contributed by atoms with Gasteiger partial charge in [0.05, 0.1) is 10.6 Å². The summed E-state index contributed by atoms with van der Waals surface area (Å²) in [5.41, 5.74) is -1.72. The van der Waals surface area contributed by atoms with Crippen molar-refractivity contribution in [3.05, 3.63) is 33.8 Å². The summed E-state index contributed by atoms with van der Waals surface area (Å²) < 4.78 is 37.5. The number of ketones is 1. The highest BCUT2D eigenvalue weighted by molar-refractivity contribution is 6.34. The third-order valence-electron chi connectivity index (χ3n) is 1.94. The first-order valence-electron chi connectivity index (χ1n) is 4.14. The number of carbonyl (C=O) groups is 2. The molecule has 0 saturated carbocycles. The molecule has 0 N–H and O–H groups in total. The van der Waals surface area contributed by atoms with E-state index in [-0.39, 0.29) is 17.4 Å². The van der Waals surface area contributed by atoms with Crippen LogP contribution in [-0.2, 0) is 6.18 Å². The number of benzene rings is 1. The Hall–Kier alpha value is -1.36. The van der Waals surface area contributed by atoms with Gasteiger partial charge >= 0.3 is 6.18 Å². The van der Waals surface area contributed by atoms with E-state index in [2.05, 4.69) is 0 Å². The molecule has 0 aliphatic rings. The van der Waals surface area contributed by atoms with Crippen molar-refractivity contribution in [3.63, 3.8) is 0 Å². The van der Waals surface area contributed by atoms with Crippen LogP contribution < -0.4 is 0 Å². The molecular formula is C10H6ClF3O2. The number of hydrogen-bond acceptors (Lipinski definition) is 2. The molecule has 0 radical (unpaired) electrons. The van der Waals surface area contributed by atoms with E-state index in [9.17, 15) is 22.8 Å². The van der Waals surface area contributed by atoms with E-state index in [1.54, 1.807) is 0 Å². The van der Waals surface area contributed by atoms with Crippen LogP contribution in [0.1, 0.15) is 33.2 Å². The molecule has 0 aliphatic carbocycles. The van der Waals surface area contributed by atoms with Crippen LogP contribution in [0.25, 0.3) is 0 Å². The summed E-state index contributed by atoms with van der Waals surface area (Å²) in [6.07, 6.45) is -4.51. The maximum atomic E-state index is 12.5. The third-order valence-corrected chi connectivity index (χ3v) is 2.36. The highest BCUT2D eigenvalue weighted by Crippen LogP contribution is 2.36. The lowest BCUT2D eigenvalue weighted by Gasteiger charge is -2.11. The average molecular weight is 251 g/mol. The van der Waals surface area contributed by atoms with E-state index in [1.165, 1.54) is 0 Å². The molecule has 0 aliphatic heterocycles. The molecule has 0 fully saturated rings. The standard InChI is InChI=1S/C10H6ClF3O2/c1-5(16)6-2-7(4-15)9(11)8(3-6)10(12,13)14/h2-4H,1H3. The van der Waals surface area contributed by atoms with Crippen LogP contribution in [0.5, 0.6) is 0 Å². The van der Waals surface area contributed by atoms with Crippen molar-refractivity contribution in [1.29, 1.82) is 0 Å². The average Bonchev–Trinajstić information content (AvgIpc) is 2.15. The van der Waals surface area contributed by atoms with Gasteiger partial charge in [-0.25, -0.2) is 0 Å². The monoisotopic (exact) mass is 250 g/mol. The van der Waals surface area contributed by atoms with Gasteiger partial charge in [0.1, 0.15) is 0 Å². The van der Waals surface area contributed by atoms with E-state index in [0.29, 0.717) is 6.07 Å². The first kappa shape index (κ1) is 12.7. The smallest absolute Gasteiger partial charge is 0.298 e. The third kappa shape index (κ3) is 2.41. The number of hydrogen-bond donors (Lipinski definition) is 0. The number of aldehydes is 1. The van der Waals surface area contributed by atoms with Gasteiger partial charge in [0.15, 0.2) is 12.1 Å². The molecule has 0 amide bonds. The van der Waals surface area contributed by atoms with Gasteiger partial charge in [-0.05, 0) is 19.1 Å². The minimum absolute atomic E-state index is 0.185. The van der Waals surface area contributed by atoms with Gasteiger partial charge < -0.3 is 0 Å². The summed E-state index contributed by atoms with van der Waals surface area (Å²) in [6.45, 7) is 1.11. The zero-order valence-electron chi connectivity index (χ0n) is 8.06. The molecule has 86 valence electrons. The molecule has 0 aromatic heterocycles. The van der Waals surface area contributed by atoms with Crippen LogP contribution in [0.4, 0.5) is 13.2 Å². The van der Waals surface area contributed by atoms with E-state index >= 15 is 0 Å². The van der Waals surface area contributed by atoms with Gasteiger partial charge in [0, 0.05) is 11.1 Å². The van der Waals surface area contributed by atoms with Crippen molar-refractivity contribution >= 4 is 23.7 Å². The van der Waals surface area contributed by atoms with Gasteiger partial charge in [-0.2, -0.15) is 13.2 Å². The summed E-state index contributed by atoms with van der Waals surface area (Å²) in [5, 5.41) is -0.687. The fourth-order valence-corrected chi connectivity index (χ4v) is 1.40. The lowest BCUT2D eigenvalue weighted by atomic mass is 10.0. The van der Waals surface area contributed by atoms with Gasteiger partial charge in [-0.1, -0.05) is 11.6 Å². The second-order valence-corrected chi connectivity index (χ2v) is 3.48. The van der Waals surface area contributed by atoms with E-state index in [4.69, 9.17) is 11.6 Å². The zero-order chi connectivity index (χ0) is 12.5. The summed E-state index contributed by atoms with van der Waals surface area (Å²) in [5.74, 6) is -0.565. The maximum absolute atomic E-state index is 12.5. The molecule has 1 aromatic rings. The molecule has 0 unspecified atom stereocenters. The number of alkyl halides is 3. The second-order valence-electron chi connectivity index (χ2n) is 3.10. The molecule has 6 heteroatoms. The normalized spacial score (nSPS) is 11.3. The Balaban J connectivity index is 3.54. The highest BCUT2D eigenvalue weighted by atomic mass is 35.5. The lowest BCUT2D eigenvalue weighted by Crippen LogP contribution is -2.09. The Kier molecular flexibility index (Phi) is 3.38. The minimum Gasteiger partial charge on any atom is -0.298 e. The predicted molar refractivity (Wildman–Crippen MR) is 51.8 cm³/mol. The van der Waals surface area contributed by atoms with E-state index in [1.807, 2.05) is 0 Å². The molecule has 2 nitrogen and oxygen atoms in total. The Morgan fingerprint density at radius 3 is 2.31 bits per heavy atom. The molecule has 16 heavy (non-hydrogen) atoms. The molecule has 0 bridgehead atoms. The first-order valence-corrected chi connectivity index (χ1v) is 4.52. The molecule has 0 atom stereocenters. The number of halogens is 4. The number of Topliss-reactive ketones (excluding diaryl/α,β-unsaturated/α-hetero) is 1. The Bertz CT molecular complexity index is 452. The Morgan fingerprint density at radius 2 is 1.94 bits per heavy atom. The van der Waals surface area contributed by atoms with Crippen LogP contribution in [0.15, 0.2) is 12.1 Å². The van der Waals surface area contributed by atoms with Crippen LogP contribution in [-0.4, -0.2) is 12.1 Å². The second kappa shape index (κ2) is 4.25. The van der Waals surface area contributed by atoms with Crippen molar-refractivity contribution in [2.45, 2.75) is 13.1 Å². The topological polar surface area (TPSA) is 34.1 Å². The SMILES string of the molecule is CC(=O)c1cc(C=O)c(Cl)c(C(F)(F)F)c1. The first-order chi connectivity index (χ1) is 7.27. The van der Waals surface area contributed by atoms with Gasteiger partial charge in [0.2, 0.25) is 0 Å². The highest BCUT2D eigenvalue weighted by Gasteiger charge is 2.34. The van der Waals surface area contributed by atoms with E-state index < -0.39 is 22.5 Å².